The standard InChI is InChI=1S/C9H19NO3/c1-6(2)5-10-8(9(11)12)7(3)13-4/h6-8,10H,5H2,1-4H3,(H,11,12). The Morgan fingerprint density at radius 3 is 2.31 bits per heavy atom. The molecule has 0 amide bonds. The van der Waals surface area contributed by atoms with E-state index in [0.29, 0.717) is 12.5 Å². The molecule has 0 aliphatic carbocycles. The lowest BCUT2D eigenvalue weighted by Crippen LogP contribution is -2.46. The molecule has 0 saturated heterocycles. The topological polar surface area (TPSA) is 58.6 Å². The Bertz CT molecular complexity index is 159. The van der Waals surface area contributed by atoms with Gasteiger partial charge in [0.05, 0.1) is 6.10 Å². The molecule has 0 aromatic heterocycles. The summed E-state index contributed by atoms with van der Waals surface area (Å²) in [7, 11) is 1.51. The maximum Gasteiger partial charge on any atom is 0.323 e. The van der Waals surface area contributed by atoms with Crippen LogP contribution in [0.3, 0.4) is 0 Å². The second-order valence-electron chi connectivity index (χ2n) is 3.56. The van der Waals surface area contributed by atoms with Gasteiger partial charge in [-0.2, -0.15) is 0 Å². The number of nitrogens with one attached hydrogen (secondary N) is 1. The summed E-state index contributed by atoms with van der Waals surface area (Å²) in [4.78, 5) is 10.8. The van der Waals surface area contributed by atoms with Crippen LogP contribution in [-0.4, -0.2) is 36.9 Å². The lowest BCUT2D eigenvalue weighted by atomic mass is 10.1. The molecule has 0 fully saturated rings. The van der Waals surface area contributed by atoms with E-state index in [4.69, 9.17) is 9.84 Å². The number of rotatable bonds is 6. The zero-order valence-electron chi connectivity index (χ0n) is 8.70. The Labute approximate surface area is 79.3 Å². The minimum atomic E-state index is -0.866. The first-order chi connectivity index (χ1) is 5.99. The van der Waals surface area contributed by atoms with E-state index in [2.05, 4.69) is 5.32 Å². The van der Waals surface area contributed by atoms with Crippen molar-refractivity contribution in [3.63, 3.8) is 0 Å². The van der Waals surface area contributed by atoms with Crippen molar-refractivity contribution in [2.45, 2.75) is 32.9 Å². The Hall–Kier alpha value is -0.610. The van der Waals surface area contributed by atoms with Crippen molar-refractivity contribution >= 4 is 5.97 Å². The molecule has 0 heterocycles. The summed E-state index contributed by atoms with van der Waals surface area (Å²) in [5.41, 5.74) is 0. The molecule has 13 heavy (non-hydrogen) atoms. The Balaban J connectivity index is 4.02. The SMILES string of the molecule is COC(C)C(NCC(C)C)C(=O)O. The largest absolute Gasteiger partial charge is 0.480 e. The van der Waals surface area contributed by atoms with E-state index in [1.54, 1.807) is 6.92 Å². The van der Waals surface area contributed by atoms with Crippen LogP contribution in [0.4, 0.5) is 0 Å². The Morgan fingerprint density at radius 2 is 2.00 bits per heavy atom. The smallest absolute Gasteiger partial charge is 0.323 e. The second kappa shape index (κ2) is 5.94. The van der Waals surface area contributed by atoms with E-state index in [0.717, 1.165) is 0 Å². The number of methoxy groups -OCH3 is 1. The average Bonchev–Trinajstić information content (AvgIpc) is 2.03. The van der Waals surface area contributed by atoms with Gasteiger partial charge in [0.1, 0.15) is 6.04 Å². The summed E-state index contributed by atoms with van der Waals surface area (Å²) >= 11 is 0. The number of aliphatic carboxylic acids is 1. The molecule has 78 valence electrons. The van der Waals surface area contributed by atoms with Crippen molar-refractivity contribution in [1.29, 1.82) is 0 Å². The third kappa shape index (κ3) is 4.85. The molecule has 2 unspecified atom stereocenters. The van der Waals surface area contributed by atoms with Crippen molar-refractivity contribution in [2.24, 2.45) is 5.92 Å². The monoisotopic (exact) mass is 189 g/mol. The summed E-state index contributed by atoms with van der Waals surface area (Å²) in [6.45, 7) is 6.49. The number of hydrogen-bond acceptors (Lipinski definition) is 3. The lowest BCUT2D eigenvalue weighted by molar-refractivity contribution is -0.142. The van der Waals surface area contributed by atoms with Crippen LogP contribution < -0.4 is 5.32 Å². The maximum atomic E-state index is 10.8. The predicted molar refractivity (Wildman–Crippen MR) is 50.7 cm³/mol. The average molecular weight is 189 g/mol. The maximum absolute atomic E-state index is 10.8. The van der Waals surface area contributed by atoms with E-state index >= 15 is 0 Å². The minimum absolute atomic E-state index is 0.309. The first-order valence-electron chi connectivity index (χ1n) is 4.48. The van der Waals surface area contributed by atoms with Crippen LogP contribution in [0, 0.1) is 5.92 Å². The number of carboxylic acids is 1. The summed E-state index contributed by atoms with van der Waals surface area (Å²) in [6, 6.07) is -0.618. The highest BCUT2D eigenvalue weighted by atomic mass is 16.5. The normalized spacial score (nSPS) is 15.8. The van der Waals surface area contributed by atoms with Gasteiger partial charge in [0, 0.05) is 7.11 Å². The first kappa shape index (κ1) is 12.4. The molecule has 0 bridgehead atoms. The van der Waals surface area contributed by atoms with Gasteiger partial charge in [-0.05, 0) is 19.4 Å². The quantitative estimate of drug-likeness (QED) is 0.646. The molecular formula is C9H19NO3. The molecule has 0 aromatic rings. The highest BCUT2D eigenvalue weighted by molar-refractivity contribution is 5.74. The number of hydrogen-bond donors (Lipinski definition) is 2. The molecule has 0 saturated carbocycles. The molecule has 2 atom stereocenters. The van der Waals surface area contributed by atoms with Crippen LogP contribution in [-0.2, 0) is 9.53 Å². The van der Waals surface area contributed by atoms with Crippen LogP contribution in [0.1, 0.15) is 20.8 Å². The van der Waals surface area contributed by atoms with Gasteiger partial charge in [-0.15, -0.1) is 0 Å². The van der Waals surface area contributed by atoms with Gasteiger partial charge in [0.15, 0.2) is 0 Å². The van der Waals surface area contributed by atoms with E-state index in [1.807, 2.05) is 13.8 Å². The van der Waals surface area contributed by atoms with Gasteiger partial charge in [-0.25, -0.2) is 0 Å². The third-order valence-electron chi connectivity index (χ3n) is 1.85. The van der Waals surface area contributed by atoms with E-state index in [-0.39, 0.29) is 6.10 Å². The first-order valence-corrected chi connectivity index (χ1v) is 4.48. The van der Waals surface area contributed by atoms with Crippen molar-refractivity contribution < 1.29 is 14.6 Å². The molecule has 0 aliphatic heterocycles. The zero-order chi connectivity index (χ0) is 10.4. The van der Waals surface area contributed by atoms with Crippen LogP contribution in [0.5, 0.6) is 0 Å². The van der Waals surface area contributed by atoms with E-state index in [1.165, 1.54) is 7.11 Å². The van der Waals surface area contributed by atoms with Gasteiger partial charge in [-0.1, -0.05) is 13.8 Å². The molecule has 0 aliphatic rings. The minimum Gasteiger partial charge on any atom is -0.480 e. The van der Waals surface area contributed by atoms with Crippen LogP contribution in [0.15, 0.2) is 0 Å². The lowest BCUT2D eigenvalue weighted by Gasteiger charge is -2.21. The Kier molecular flexibility index (Phi) is 5.66. The van der Waals surface area contributed by atoms with Gasteiger partial charge in [0.25, 0.3) is 0 Å². The van der Waals surface area contributed by atoms with Crippen LogP contribution in [0.2, 0.25) is 0 Å². The molecule has 0 radical (unpaired) electrons. The summed E-state index contributed by atoms with van der Waals surface area (Å²) in [5, 5.41) is 11.8. The van der Waals surface area contributed by atoms with E-state index < -0.39 is 12.0 Å². The zero-order valence-corrected chi connectivity index (χ0v) is 8.70. The number of ether oxygens (including phenoxy) is 1. The summed E-state index contributed by atoms with van der Waals surface area (Å²) in [5.74, 6) is -0.430. The van der Waals surface area contributed by atoms with Gasteiger partial charge < -0.3 is 15.2 Å². The molecule has 4 heteroatoms. The molecule has 4 nitrogen and oxygen atoms in total. The van der Waals surface area contributed by atoms with Crippen molar-refractivity contribution in [1.82, 2.24) is 5.32 Å². The van der Waals surface area contributed by atoms with Gasteiger partial charge >= 0.3 is 5.97 Å². The number of carbonyl (C=O) groups is 1. The van der Waals surface area contributed by atoms with E-state index in [9.17, 15) is 4.79 Å². The van der Waals surface area contributed by atoms with Crippen molar-refractivity contribution in [3.8, 4) is 0 Å². The molecule has 0 rings (SSSR count). The molecular weight excluding hydrogens is 170 g/mol. The fraction of sp³-hybridized carbons (Fsp3) is 0.889. The van der Waals surface area contributed by atoms with Gasteiger partial charge in [0.2, 0.25) is 0 Å². The summed E-state index contributed by atoms with van der Waals surface area (Å²) < 4.78 is 4.96. The van der Waals surface area contributed by atoms with Crippen LogP contribution in [0.25, 0.3) is 0 Å². The number of carboxylic acid groups (broad SMARTS) is 1. The highest BCUT2D eigenvalue weighted by Crippen LogP contribution is 1.99. The fourth-order valence-corrected chi connectivity index (χ4v) is 0.953. The van der Waals surface area contributed by atoms with Crippen LogP contribution >= 0.6 is 0 Å². The van der Waals surface area contributed by atoms with Crippen molar-refractivity contribution in [3.05, 3.63) is 0 Å². The summed E-state index contributed by atoms with van der Waals surface area (Å²) in [6.07, 6.45) is -0.309. The predicted octanol–water partition coefficient (Wildman–Crippen LogP) is 0.720. The molecule has 0 aromatic carbocycles. The second-order valence-corrected chi connectivity index (χ2v) is 3.56. The van der Waals surface area contributed by atoms with Gasteiger partial charge in [-0.3, -0.25) is 4.79 Å². The molecule has 0 spiro atoms. The Morgan fingerprint density at radius 1 is 1.46 bits per heavy atom. The molecule has 2 N–H and O–H groups in total. The third-order valence-corrected chi connectivity index (χ3v) is 1.85. The highest BCUT2D eigenvalue weighted by Gasteiger charge is 2.23. The fourth-order valence-electron chi connectivity index (χ4n) is 0.953. The van der Waals surface area contributed by atoms with Crippen molar-refractivity contribution in [2.75, 3.05) is 13.7 Å².